The van der Waals surface area contributed by atoms with Crippen LogP contribution >= 0.6 is 0 Å². The molecule has 38 heavy (non-hydrogen) atoms. The summed E-state index contributed by atoms with van der Waals surface area (Å²) in [6, 6.07) is 15.6. The van der Waals surface area contributed by atoms with Crippen molar-refractivity contribution in [1.82, 2.24) is 16.0 Å². The maximum Gasteiger partial charge on any atom is 0.303 e. The molecule has 0 radical (unpaired) electrons. The number of ether oxygens (including phenoxy) is 2. The highest BCUT2D eigenvalue weighted by molar-refractivity contribution is 5.78. The molecule has 212 valence electrons. The molecule has 0 spiro atoms. The van der Waals surface area contributed by atoms with Gasteiger partial charge in [0.15, 0.2) is 0 Å². The van der Waals surface area contributed by atoms with Gasteiger partial charge in [0.2, 0.25) is 17.7 Å². The van der Waals surface area contributed by atoms with E-state index >= 15 is 0 Å². The molecular weight excluding hydrogens is 490 g/mol. The Balaban J connectivity index is 0. The molecule has 0 aromatic heterocycles. The molecule has 0 bridgehead atoms. The molecular formula is C28H43N3O7. The van der Waals surface area contributed by atoms with Crippen LogP contribution in [0.4, 0.5) is 0 Å². The van der Waals surface area contributed by atoms with E-state index in [1.165, 1.54) is 19.6 Å². The van der Waals surface area contributed by atoms with Gasteiger partial charge in [0, 0.05) is 47.5 Å². The summed E-state index contributed by atoms with van der Waals surface area (Å²) in [5.41, 5.74) is 3.26. The third-order valence-electron chi connectivity index (χ3n) is 4.84. The number of carbonyl (C=O) groups is 4. The molecule has 1 unspecified atom stereocenters. The summed E-state index contributed by atoms with van der Waals surface area (Å²) in [6.07, 6.45) is 0.169. The summed E-state index contributed by atoms with van der Waals surface area (Å²) in [7, 11) is 7.87. The van der Waals surface area contributed by atoms with Crippen LogP contribution in [0.3, 0.4) is 0 Å². The average Bonchev–Trinajstić information content (AvgIpc) is 2.90. The Morgan fingerprint density at radius 2 is 1.21 bits per heavy atom. The maximum absolute atomic E-state index is 11.3. The molecule has 10 heteroatoms. The minimum Gasteiger partial charge on any atom is -0.497 e. The second kappa shape index (κ2) is 22.3. The predicted octanol–water partition coefficient (Wildman–Crippen LogP) is 2.82. The summed E-state index contributed by atoms with van der Waals surface area (Å²) < 4.78 is 9.45. The lowest BCUT2D eigenvalue weighted by atomic mass is 9.91. The van der Waals surface area contributed by atoms with Crippen LogP contribution in [0.5, 0.6) is 5.75 Å². The molecule has 0 aliphatic heterocycles. The number of aliphatic carboxylic acids is 1. The third-order valence-corrected chi connectivity index (χ3v) is 4.84. The van der Waals surface area contributed by atoms with E-state index in [1.807, 2.05) is 55.5 Å². The van der Waals surface area contributed by atoms with Crippen molar-refractivity contribution in [1.29, 1.82) is 0 Å². The zero-order chi connectivity index (χ0) is 29.5. The Bertz CT molecular complexity index is 946. The van der Waals surface area contributed by atoms with Gasteiger partial charge in [-0.15, -0.1) is 0 Å². The molecule has 3 amide bonds. The number of amides is 3. The second-order valence-corrected chi connectivity index (χ2v) is 8.01. The van der Waals surface area contributed by atoms with E-state index in [2.05, 4.69) is 27.6 Å². The predicted molar refractivity (Wildman–Crippen MR) is 148 cm³/mol. The number of carboxylic acid groups (broad SMARTS) is 1. The highest BCUT2D eigenvalue weighted by Crippen LogP contribution is 2.23. The van der Waals surface area contributed by atoms with E-state index in [9.17, 15) is 19.2 Å². The van der Waals surface area contributed by atoms with Gasteiger partial charge in [0.05, 0.1) is 13.5 Å². The van der Waals surface area contributed by atoms with E-state index in [0.717, 1.165) is 16.9 Å². The normalized spacial score (nSPS) is 9.89. The Kier molecular flexibility index (Phi) is 21.3. The third kappa shape index (κ3) is 20.3. The standard InChI is InChI=1S/C13H17NO3.C8H10O.C4H9NO2.C3H7NO/c1-9-3-5-10(6-4-9)11(8-13(16)17)7-12(15)14-2;1-7-3-5-8(9-2)6-4-7;1-5-4(6)3-7-2;1-3(5)4-2/h3-6,11H,7-8H2,1-2H3,(H,14,15)(H,16,17);3-6H,1-2H3;3H2,1-2H3,(H,5,6);1-2H3,(H,4,5). The van der Waals surface area contributed by atoms with Crippen LogP contribution in [-0.2, 0) is 23.9 Å². The van der Waals surface area contributed by atoms with Crippen LogP contribution < -0.4 is 20.7 Å². The van der Waals surface area contributed by atoms with Crippen LogP contribution in [0.15, 0.2) is 48.5 Å². The smallest absolute Gasteiger partial charge is 0.303 e. The van der Waals surface area contributed by atoms with Crippen molar-refractivity contribution in [2.75, 3.05) is 42.0 Å². The van der Waals surface area contributed by atoms with Crippen molar-refractivity contribution in [3.05, 3.63) is 65.2 Å². The van der Waals surface area contributed by atoms with Gasteiger partial charge in [0.1, 0.15) is 12.4 Å². The van der Waals surface area contributed by atoms with Gasteiger partial charge in [-0.05, 0) is 31.5 Å². The maximum atomic E-state index is 11.3. The number of rotatable bonds is 8. The van der Waals surface area contributed by atoms with Gasteiger partial charge in [-0.2, -0.15) is 0 Å². The molecule has 2 rings (SSSR count). The number of benzene rings is 2. The Morgan fingerprint density at radius 1 is 0.763 bits per heavy atom. The van der Waals surface area contributed by atoms with Crippen LogP contribution in [0.1, 0.15) is 42.4 Å². The van der Waals surface area contributed by atoms with Crippen molar-refractivity contribution < 1.29 is 33.8 Å². The first-order chi connectivity index (χ1) is 17.9. The first-order valence-electron chi connectivity index (χ1n) is 11.9. The van der Waals surface area contributed by atoms with Gasteiger partial charge >= 0.3 is 5.97 Å². The van der Waals surface area contributed by atoms with E-state index < -0.39 is 5.97 Å². The number of likely N-dealkylation sites (N-methyl/N-ethyl adjacent to an activating group) is 1. The van der Waals surface area contributed by atoms with E-state index in [4.69, 9.17) is 9.84 Å². The van der Waals surface area contributed by atoms with Crippen molar-refractivity contribution in [2.24, 2.45) is 0 Å². The molecule has 0 fully saturated rings. The molecule has 0 heterocycles. The summed E-state index contributed by atoms with van der Waals surface area (Å²) in [5, 5.41) is 16.2. The van der Waals surface area contributed by atoms with Crippen molar-refractivity contribution in [3.63, 3.8) is 0 Å². The highest BCUT2D eigenvalue weighted by Gasteiger charge is 2.18. The fourth-order valence-electron chi connectivity index (χ4n) is 2.56. The SMILES string of the molecule is CNC(=O)CC(CC(=O)O)c1ccc(C)cc1.CNC(=O)COC.CNC(C)=O.COc1ccc(C)cc1. The van der Waals surface area contributed by atoms with Crippen LogP contribution in [0.25, 0.3) is 0 Å². The van der Waals surface area contributed by atoms with Crippen molar-refractivity contribution >= 4 is 23.7 Å². The lowest BCUT2D eigenvalue weighted by Crippen LogP contribution is -2.22. The van der Waals surface area contributed by atoms with Crippen LogP contribution in [-0.4, -0.2) is 70.8 Å². The first kappa shape index (κ1) is 36.2. The number of nitrogens with one attached hydrogen (secondary N) is 3. The first-order valence-corrected chi connectivity index (χ1v) is 11.9. The zero-order valence-electron chi connectivity index (χ0n) is 23.7. The quantitative estimate of drug-likeness (QED) is 0.409. The largest absolute Gasteiger partial charge is 0.497 e. The molecule has 10 nitrogen and oxygen atoms in total. The number of carboxylic acids is 1. The highest BCUT2D eigenvalue weighted by atomic mass is 16.5. The van der Waals surface area contributed by atoms with Gasteiger partial charge in [-0.1, -0.05) is 47.5 Å². The number of hydrogen-bond acceptors (Lipinski definition) is 6. The summed E-state index contributed by atoms with van der Waals surface area (Å²) in [6.45, 7) is 5.64. The van der Waals surface area contributed by atoms with Crippen molar-refractivity contribution in [3.8, 4) is 5.75 Å². The number of methoxy groups -OCH3 is 2. The fraction of sp³-hybridized carbons (Fsp3) is 0.429. The Labute approximate surface area is 226 Å². The molecule has 2 aromatic carbocycles. The second-order valence-electron chi connectivity index (χ2n) is 8.01. The molecule has 0 aliphatic carbocycles. The zero-order valence-corrected chi connectivity index (χ0v) is 23.7. The molecule has 0 saturated carbocycles. The van der Waals surface area contributed by atoms with Crippen molar-refractivity contribution in [2.45, 2.75) is 39.5 Å². The molecule has 1 atom stereocenters. The summed E-state index contributed by atoms with van der Waals surface area (Å²) in [4.78, 5) is 42.0. The van der Waals surface area contributed by atoms with Gasteiger partial charge in [-0.25, -0.2) is 0 Å². The van der Waals surface area contributed by atoms with Gasteiger partial charge in [-0.3, -0.25) is 19.2 Å². The van der Waals surface area contributed by atoms with Crippen LogP contribution in [0.2, 0.25) is 0 Å². The Morgan fingerprint density at radius 3 is 1.53 bits per heavy atom. The molecule has 0 saturated heterocycles. The van der Waals surface area contributed by atoms with E-state index in [0.29, 0.717) is 0 Å². The monoisotopic (exact) mass is 533 g/mol. The number of aryl methyl sites for hydroxylation is 2. The average molecular weight is 534 g/mol. The minimum absolute atomic E-state index is 0.00463. The van der Waals surface area contributed by atoms with Gasteiger partial charge in [0.25, 0.3) is 0 Å². The minimum atomic E-state index is -0.889. The van der Waals surface area contributed by atoms with E-state index in [-0.39, 0.29) is 43.1 Å². The molecule has 4 N–H and O–H groups in total. The molecule has 2 aromatic rings. The van der Waals surface area contributed by atoms with Gasteiger partial charge < -0.3 is 30.5 Å². The lowest BCUT2D eigenvalue weighted by Gasteiger charge is -2.14. The number of hydrogen-bond donors (Lipinski definition) is 4. The lowest BCUT2D eigenvalue weighted by molar-refractivity contribution is -0.137. The van der Waals surface area contributed by atoms with Crippen LogP contribution in [0, 0.1) is 13.8 Å². The molecule has 0 aliphatic rings. The summed E-state index contributed by atoms with van der Waals surface area (Å²) in [5.74, 6) is -0.475. The fourth-order valence-corrected chi connectivity index (χ4v) is 2.56. The number of carbonyl (C=O) groups excluding carboxylic acids is 3. The summed E-state index contributed by atoms with van der Waals surface area (Å²) >= 11 is 0. The van der Waals surface area contributed by atoms with E-state index in [1.54, 1.807) is 28.3 Å². The topological polar surface area (TPSA) is 143 Å². The Hall–Kier alpha value is -3.92.